The molecule has 2 aromatic carbocycles. The van der Waals surface area contributed by atoms with E-state index in [1.165, 1.54) is 24.8 Å². The molecule has 7 heteroatoms. The lowest BCUT2D eigenvalue weighted by Gasteiger charge is -2.12. The van der Waals surface area contributed by atoms with Crippen LogP contribution in [-0.2, 0) is 14.3 Å². The fourth-order valence-corrected chi connectivity index (χ4v) is 2.41. The van der Waals surface area contributed by atoms with E-state index < -0.39 is 29.6 Å². The maximum absolute atomic E-state index is 13.5. The van der Waals surface area contributed by atoms with E-state index >= 15 is 0 Å². The summed E-state index contributed by atoms with van der Waals surface area (Å²) in [5.74, 6) is -3.09. The second-order valence-corrected chi connectivity index (χ2v) is 5.91. The second kappa shape index (κ2) is 8.98. The molecule has 0 heterocycles. The van der Waals surface area contributed by atoms with Gasteiger partial charge in [-0.05, 0) is 36.6 Å². The van der Waals surface area contributed by atoms with Gasteiger partial charge in [-0.25, -0.2) is 13.6 Å². The van der Waals surface area contributed by atoms with Crippen LogP contribution in [-0.4, -0.2) is 18.0 Å². The highest BCUT2D eigenvalue weighted by Crippen LogP contribution is 2.18. The summed E-state index contributed by atoms with van der Waals surface area (Å²) in [4.78, 5) is 24.5. The minimum Gasteiger partial charge on any atom is -0.449 e. The second-order valence-electron chi connectivity index (χ2n) is 4.93. The summed E-state index contributed by atoms with van der Waals surface area (Å²) in [6, 6.07) is 12.1. The van der Waals surface area contributed by atoms with Gasteiger partial charge in [-0.3, -0.25) is 4.79 Å². The normalized spacial score (nSPS) is 12.0. The van der Waals surface area contributed by atoms with E-state index in [-0.39, 0.29) is 5.69 Å². The number of amides is 1. The molecular formula is C18H15F2NO3S. The number of hydrogen-bond acceptors (Lipinski definition) is 4. The molecule has 2 rings (SSSR count). The smallest absolute Gasteiger partial charge is 0.332 e. The minimum atomic E-state index is -1.14. The maximum Gasteiger partial charge on any atom is 0.332 e. The Kier molecular flexibility index (Phi) is 6.71. The first-order chi connectivity index (χ1) is 12.0. The van der Waals surface area contributed by atoms with Crippen molar-refractivity contribution in [1.82, 2.24) is 0 Å². The fraction of sp³-hybridized carbons (Fsp3) is 0.111. The number of anilines is 1. The molecule has 0 spiro atoms. The Morgan fingerprint density at radius 2 is 1.88 bits per heavy atom. The number of thioether (sulfide) groups is 1. The zero-order valence-corrected chi connectivity index (χ0v) is 14.1. The quantitative estimate of drug-likeness (QED) is 0.476. The molecule has 130 valence electrons. The van der Waals surface area contributed by atoms with Gasteiger partial charge < -0.3 is 10.1 Å². The van der Waals surface area contributed by atoms with Gasteiger partial charge in [0, 0.05) is 17.0 Å². The van der Waals surface area contributed by atoms with Crippen molar-refractivity contribution in [3.8, 4) is 0 Å². The lowest BCUT2D eigenvalue weighted by molar-refractivity contribution is -0.148. The highest BCUT2D eigenvalue weighted by molar-refractivity contribution is 8.02. The van der Waals surface area contributed by atoms with Gasteiger partial charge in [0.15, 0.2) is 6.10 Å². The number of esters is 1. The van der Waals surface area contributed by atoms with Gasteiger partial charge in [-0.1, -0.05) is 30.0 Å². The third-order valence-corrected chi connectivity index (χ3v) is 3.82. The average Bonchev–Trinajstić information content (AvgIpc) is 2.58. The molecule has 0 radical (unpaired) electrons. The van der Waals surface area contributed by atoms with E-state index in [4.69, 9.17) is 4.74 Å². The van der Waals surface area contributed by atoms with Crippen molar-refractivity contribution >= 4 is 29.3 Å². The molecule has 0 aliphatic heterocycles. The molecule has 0 aliphatic carbocycles. The summed E-state index contributed by atoms with van der Waals surface area (Å²) in [5.41, 5.74) is -0.190. The van der Waals surface area contributed by atoms with Gasteiger partial charge in [0.05, 0.1) is 5.69 Å². The van der Waals surface area contributed by atoms with Crippen molar-refractivity contribution in [2.45, 2.75) is 17.9 Å². The van der Waals surface area contributed by atoms with Gasteiger partial charge >= 0.3 is 5.97 Å². The topological polar surface area (TPSA) is 55.4 Å². The van der Waals surface area contributed by atoms with Crippen molar-refractivity contribution in [2.75, 3.05) is 5.32 Å². The number of ether oxygens (including phenoxy) is 1. The molecule has 25 heavy (non-hydrogen) atoms. The first kappa shape index (κ1) is 18.7. The monoisotopic (exact) mass is 363 g/mol. The first-order valence-corrected chi connectivity index (χ1v) is 8.18. The van der Waals surface area contributed by atoms with Crippen molar-refractivity contribution < 1.29 is 23.1 Å². The number of hydrogen-bond donors (Lipinski definition) is 1. The summed E-state index contributed by atoms with van der Waals surface area (Å²) < 4.78 is 31.3. The Morgan fingerprint density at radius 1 is 1.16 bits per heavy atom. The Labute approximate surface area is 147 Å². The van der Waals surface area contributed by atoms with Gasteiger partial charge in [-0.2, -0.15) is 0 Å². The molecule has 0 saturated heterocycles. The van der Waals surface area contributed by atoms with E-state index in [2.05, 4.69) is 5.32 Å². The van der Waals surface area contributed by atoms with Crippen LogP contribution in [0.5, 0.6) is 0 Å². The summed E-state index contributed by atoms with van der Waals surface area (Å²) in [5, 5.41) is 3.78. The van der Waals surface area contributed by atoms with Gasteiger partial charge in [0.25, 0.3) is 5.91 Å². The molecule has 2 aromatic rings. The van der Waals surface area contributed by atoms with Crippen LogP contribution >= 0.6 is 11.8 Å². The number of carbonyl (C=O) groups excluding carboxylic acids is 2. The van der Waals surface area contributed by atoms with Crippen molar-refractivity contribution in [3.63, 3.8) is 0 Å². The van der Waals surface area contributed by atoms with E-state index in [0.717, 1.165) is 17.0 Å². The Bertz CT molecular complexity index is 781. The Hall–Kier alpha value is -2.67. The number of carbonyl (C=O) groups is 2. The van der Waals surface area contributed by atoms with Gasteiger partial charge in [-0.15, -0.1) is 0 Å². The van der Waals surface area contributed by atoms with Crippen LogP contribution < -0.4 is 5.32 Å². The van der Waals surface area contributed by atoms with Crippen LogP contribution in [0.25, 0.3) is 0 Å². The van der Waals surface area contributed by atoms with Crippen LogP contribution in [0.2, 0.25) is 0 Å². The van der Waals surface area contributed by atoms with Crippen molar-refractivity contribution in [3.05, 3.63) is 71.6 Å². The third-order valence-electron chi connectivity index (χ3n) is 3.00. The highest BCUT2D eigenvalue weighted by Gasteiger charge is 2.18. The summed E-state index contributed by atoms with van der Waals surface area (Å²) in [7, 11) is 0. The third kappa shape index (κ3) is 6.04. The van der Waals surface area contributed by atoms with E-state index in [9.17, 15) is 18.4 Å². The lowest BCUT2D eigenvalue weighted by atomic mass is 10.2. The number of benzene rings is 2. The molecule has 0 aromatic heterocycles. The molecule has 0 unspecified atom stereocenters. The molecule has 1 amide bonds. The standard InChI is InChI=1S/C18H15F2NO3S/c1-12(18(23)21-16-8-7-13(19)11-15(16)20)24-17(22)9-10-25-14-5-3-2-4-6-14/h2-12H,1H3,(H,21,23)/b10-9+/t12-/m0/s1. The SMILES string of the molecule is C[C@H](OC(=O)/C=C/Sc1ccccc1)C(=O)Nc1ccc(F)cc1F. The lowest BCUT2D eigenvalue weighted by Crippen LogP contribution is -2.29. The zero-order valence-electron chi connectivity index (χ0n) is 13.2. The molecule has 0 bridgehead atoms. The Balaban J connectivity index is 1.84. The van der Waals surface area contributed by atoms with Gasteiger partial charge in [0.1, 0.15) is 11.6 Å². The molecule has 0 saturated carbocycles. The van der Waals surface area contributed by atoms with E-state index in [0.29, 0.717) is 6.07 Å². The zero-order chi connectivity index (χ0) is 18.2. The average molecular weight is 363 g/mol. The molecule has 1 atom stereocenters. The molecule has 0 aliphatic rings. The number of halogens is 2. The first-order valence-electron chi connectivity index (χ1n) is 7.30. The number of rotatable bonds is 6. The van der Waals surface area contributed by atoms with Crippen LogP contribution in [0, 0.1) is 11.6 Å². The summed E-state index contributed by atoms with van der Waals surface area (Å²) >= 11 is 1.32. The maximum atomic E-state index is 13.5. The molecule has 1 N–H and O–H groups in total. The van der Waals surface area contributed by atoms with E-state index in [1.54, 1.807) is 5.41 Å². The molecule has 4 nitrogen and oxygen atoms in total. The van der Waals surface area contributed by atoms with Crippen LogP contribution in [0.15, 0.2) is 64.9 Å². The van der Waals surface area contributed by atoms with Crippen LogP contribution in [0.1, 0.15) is 6.92 Å². The summed E-state index contributed by atoms with van der Waals surface area (Å²) in [6.07, 6.45) is 0.0586. The molecular weight excluding hydrogens is 348 g/mol. The summed E-state index contributed by atoms with van der Waals surface area (Å²) in [6.45, 7) is 1.35. The fourth-order valence-electron chi connectivity index (χ4n) is 1.76. The van der Waals surface area contributed by atoms with Crippen LogP contribution in [0.3, 0.4) is 0 Å². The largest absolute Gasteiger partial charge is 0.449 e. The minimum absolute atomic E-state index is 0.190. The predicted octanol–water partition coefficient (Wildman–Crippen LogP) is 4.14. The van der Waals surface area contributed by atoms with Crippen molar-refractivity contribution in [2.24, 2.45) is 0 Å². The van der Waals surface area contributed by atoms with Crippen LogP contribution in [0.4, 0.5) is 14.5 Å². The van der Waals surface area contributed by atoms with E-state index in [1.807, 2.05) is 30.3 Å². The Morgan fingerprint density at radius 3 is 2.56 bits per heavy atom. The van der Waals surface area contributed by atoms with Crippen molar-refractivity contribution in [1.29, 1.82) is 0 Å². The highest BCUT2D eigenvalue weighted by atomic mass is 32.2. The predicted molar refractivity (Wildman–Crippen MR) is 92.0 cm³/mol. The number of nitrogens with one attached hydrogen (secondary N) is 1. The van der Waals surface area contributed by atoms with Gasteiger partial charge in [0.2, 0.25) is 0 Å². The molecule has 0 fully saturated rings.